The summed E-state index contributed by atoms with van der Waals surface area (Å²) in [6.07, 6.45) is 0.127. The van der Waals surface area contributed by atoms with E-state index >= 15 is 0 Å². The number of anilines is 2. The Morgan fingerprint density at radius 1 is 1.12 bits per heavy atom. The van der Waals surface area contributed by atoms with Crippen LogP contribution in [0.2, 0.25) is 0 Å². The molecule has 1 atom stereocenters. The van der Waals surface area contributed by atoms with Crippen LogP contribution < -0.4 is 10.2 Å². The molecule has 0 radical (unpaired) electrons. The van der Waals surface area contributed by atoms with Crippen LogP contribution in [0.15, 0.2) is 59.8 Å². The molecule has 1 N–H and O–H groups in total. The number of hydrogen-bond donors (Lipinski definition) is 1. The van der Waals surface area contributed by atoms with Crippen LogP contribution in [-0.2, 0) is 14.4 Å². The number of amides is 2. The molecule has 2 aromatic carbocycles. The van der Waals surface area contributed by atoms with Crippen molar-refractivity contribution in [3.8, 4) is 0 Å². The predicted octanol–water partition coefficient (Wildman–Crippen LogP) is 2.49. The zero-order chi connectivity index (χ0) is 16.5. The van der Waals surface area contributed by atoms with Gasteiger partial charge < -0.3 is 10.2 Å². The Morgan fingerprint density at radius 2 is 1.88 bits per heavy atom. The first kappa shape index (κ1) is 14.4. The van der Waals surface area contributed by atoms with Gasteiger partial charge >= 0.3 is 0 Å². The molecule has 2 amide bonds. The number of nitrogens with zero attached hydrogens (tertiary/aromatic N) is 2. The zero-order valence-electron chi connectivity index (χ0n) is 12.8. The molecule has 0 saturated carbocycles. The van der Waals surface area contributed by atoms with Gasteiger partial charge in [0, 0.05) is 6.42 Å². The van der Waals surface area contributed by atoms with Gasteiger partial charge in [-0.1, -0.05) is 47.6 Å². The molecule has 6 nitrogen and oxygen atoms in total. The maximum atomic E-state index is 12.8. The summed E-state index contributed by atoms with van der Waals surface area (Å²) < 4.78 is 0. The maximum Gasteiger partial charge on any atom is 0.276 e. The number of para-hydroxylation sites is 2. The number of benzene rings is 2. The van der Waals surface area contributed by atoms with Gasteiger partial charge in [0.25, 0.3) is 5.91 Å². The second-order valence-electron chi connectivity index (χ2n) is 5.70. The van der Waals surface area contributed by atoms with Crippen molar-refractivity contribution in [1.82, 2.24) is 0 Å². The topological polar surface area (TPSA) is 71.0 Å². The molecule has 0 aliphatic carbocycles. The minimum absolute atomic E-state index is 0.0229. The molecule has 0 spiro atoms. The van der Waals surface area contributed by atoms with E-state index in [-0.39, 0.29) is 24.5 Å². The molecule has 2 aliphatic heterocycles. The first-order chi connectivity index (χ1) is 11.7. The van der Waals surface area contributed by atoms with Gasteiger partial charge in [-0.15, -0.1) is 0 Å². The fourth-order valence-electron chi connectivity index (χ4n) is 2.92. The monoisotopic (exact) mass is 321 g/mol. The first-order valence-corrected chi connectivity index (χ1v) is 7.71. The number of oxime groups is 1. The van der Waals surface area contributed by atoms with Crippen LogP contribution in [0.1, 0.15) is 18.1 Å². The largest absolute Gasteiger partial charge is 0.387 e. The quantitative estimate of drug-likeness (QED) is 0.924. The van der Waals surface area contributed by atoms with Crippen molar-refractivity contribution in [3.63, 3.8) is 0 Å². The van der Waals surface area contributed by atoms with Crippen molar-refractivity contribution in [2.24, 2.45) is 5.16 Å². The average Bonchev–Trinajstić information content (AvgIpc) is 3.11. The highest BCUT2D eigenvalue weighted by Gasteiger charge is 2.34. The number of carbonyl (C=O) groups excluding carboxylic acids is 2. The summed E-state index contributed by atoms with van der Waals surface area (Å²) in [6.45, 7) is -0.0229. The van der Waals surface area contributed by atoms with Gasteiger partial charge in [0.05, 0.1) is 11.4 Å². The molecular weight excluding hydrogens is 306 g/mol. The molecule has 0 saturated heterocycles. The lowest BCUT2D eigenvalue weighted by molar-refractivity contribution is -0.118. The van der Waals surface area contributed by atoms with Gasteiger partial charge in [0.2, 0.25) is 5.91 Å². The number of carbonyl (C=O) groups is 2. The van der Waals surface area contributed by atoms with Crippen LogP contribution in [0.4, 0.5) is 11.4 Å². The lowest BCUT2D eigenvalue weighted by atomic mass is 10.0. The zero-order valence-corrected chi connectivity index (χ0v) is 12.8. The second-order valence-corrected chi connectivity index (χ2v) is 5.70. The van der Waals surface area contributed by atoms with Crippen LogP contribution in [-0.4, -0.2) is 24.1 Å². The van der Waals surface area contributed by atoms with Crippen LogP contribution in [0, 0.1) is 0 Å². The Morgan fingerprint density at radius 3 is 2.71 bits per heavy atom. The maximum absolute atomic E-state index is 12.8. The Balaban J connectivity index is 1.56. The Kier molecular flexibility index (Phi) is 3.49. The second kappa shape index (κ2) is 5.81. The summed E-state index contributed by atoms with van der Waals surface area (Å²) in [5.41, 5.74) is 2.60. The highest BCUT2D eigenvalue weighted by molar-refractivity contribution is 6.45. The van der Waals surface area contributed by atoms with E-state index in [1.807, 2.05) is 42.5 Å². The van der Waals surface area contributed by atoms with Crippen LogP contribution in [0.3, 0.4) is 0 Å². The fraction of sp³-hybridized carbons (Fsp3) is 0.167. The van der Waals surface area contributed by atoms with Crippen molar-refractivity contribution in [3.05, 3.63) is 60.2 Å². The molecule has 1 unspecified atom stereocenters. The van der Waals surface area contributed by atoms with Crippen LogP contribution in [0.25, 0.3) is 0 Å². The van der Waals surface area contributed by atoms with E-state index in [1.165, 1.54) is 4.90 Å². The Hall–Kier alpha value is -3.15. The third-order valence-electron chi connectivity index (χ3n) is 4.10. The molecule has 4 rings (SSSR count). The van der Waals surface area contributed by atoms with Crippen molar-refractivity contribution in [2.45, 2.75) is 12.5 Å². The van der Waals surface area contributed by atoms with Crippen LogP contribution >= 0.6 is 0 Å². The number of rotatable bonds is 2. The third-order valence-corrected chi connectivity index (χ3v) is 4.10. The number of fused-ring (bicyclic) bond motifs is 1. The van der Waals surface area contributed by atoms with Crippen molar-refractivity contribution in [2.75, 3.05) is 16.8 Å². The number of nitrogens with one attached hydrogen (secondary N) is 1. The van der Waals surface area contributed by atoms with Gasteiger partial charge in [0.15, 0.2) is 6.10 Å². The van der Waals surface area contributed by atoms with Gasteiger partial charge in [0.1, 0.15) is 12.3 Å². The predicted molar refractivity (Wildman–Crippen MR) is 89.7 cm³/mol. The SMILES string of the molecule is O=C1CN(C(=O)C2=NOC(c3ccccc3)C2)c2ccccc2N1. The molecule has 0 fully saturated rings. The summed E-state index contributed by atoms with van der Waals surface area (Å²) in [5.74, 6) is -0.517. The summed E-state index contributed by atoms with van der Waals surface area (Å²) in [6, 6.07) is 16.9. The van der Waals surface area contributed by atoms with Gasteiger partial charge in [-0.2, -0.15) is 0 Å². The van der Waals surface area contributed by atoms with Crippen molar-refractivity contribution < 1.29 is 14.4 Å². The number of hydrogen-bond acceptors (Lipinski definition) is 4. The minimum atomic E-state index is -0.296. The lowest BCUT2D eigenvalue weighted by Crippen LogP contribution is -2.45. The summed E-state index contributed by atoms with van der Waals surface area (Å²) in [7, 11) is 0. The van der Waals surface area contributed by atoms with Gasteiger partial charge in [-0.3, -0.25) is 14.5 Å². The molecule has 120 valence electrons. The van der Waals surface area contributed by atoms with E-state index < -0.39 is 0 Å². The summed E-state index contributed by atoms with van der Waals surface area (Å²) >= 11 is 0. The smallest absolute Gasteiger partial charge is 0.276 e. The summed E-state index contributed by atoms with van der Waals surface area (Å²) in [5, 5.41) is 6.73. The van der Waals surface area contributed by atoms with E-state index in [9.17, 15) is 9.59 Å². The third kappa shape index (κ3) is 2.52. The van der Waals surface area contributed by atoms with E-state index in [0.717, 1.165) is 5.56 Å². The lowest BCUT2D eigenvalue weighted by Gasteiger charge is -2.28. The van der Waals surface area contributed by atoms with Gasteiger partial charge in [-0.05, 0) is 17.7 Å². The van der Waals surface area contributed by atoms with Gasteiger partial charge in [-0.25, -0.2) is 0 Å². The van der Waals surface area contributed by atoms with E-state index in [1.54, 1.807) is 12.1 Å². The molecule has 0 bridgehead atoms. The molecule has 24 heavy (non-hydrogen) atoms. The minimum Gasteiger partial charge on any atom is -0.387 e. The van der Waals surface area contributed by atoms with E-state index in [2.05, 4.69) is 10.5 Å². The standard InChI is InChI=1S/C18H15N3O3/c22-17-11-21(15-9-5-4-8-13(15)19-17)18(23)14-10-16(24-20-14)12-6-2-1-3-7-12/h1-9,16H,10-11H2,(H,19,22). The van der Waals surface area contributed by atoms with Crippen molar-refractivity contribution in [1.29, 1.82) is 0 Å². The first-order valence-electron chi connectivity index (χ1n) is 7.71. The molecule has 2 aromatic rings. The van der Waals surface area contributed by atoms with E-state index in [0.29, 0.717) is 23.5 Å². The highest BCUT2D eigenvalue weighted by Crippen LogP contribution is 2.32. The normalized spacial score (nSPS) is 19.2. The Labute approximate surface area is 138 Å². The molecular formula is C18H15N3O3. The summed E-state index contributed by atoms with van der Waals surface area (Å²) in [4.78, 5) is 31.6. The Bertz CT molecular complexity index is 832. The molecule has 2 aliphatic rings. The fourth-order valence-corrected chi connectivity index (χ4v) is 2.92. The van der Waals surface area contributed by atoms with Crippen molar-refractivity contribution >= 4 is 28.9 Å². The van der Waals surface area contributed by atoms with E-state index in [4.69, 9.17) is 4.84 Å². The molecule has 2 heterocycles. The molecule has 0 aromatic heterocycles. The molecule has 6 heteroatoms. The average molecular weight is 321 g/mol. The van der Waals surface area contributed by atoms with Crippen LogP contribution in [0.5, 0.6) is 0 Å². The highest BCUT2D eigenvalue weighted by atomic mass is 16.6.